The number of ether oxygens (including phenoxy) is 1. The summed E-state index contributed by atoms with van der Waals surface area (Å²) in [6.07, 6.45) is 2.72. The number of hydrogen-bond donors (Lipinski definition) is 2. The van der Waals surface area contributed by atoms with Crippen molar-refractivity contribution < 1.29 is 27.2 Å². The second-order valence-corrected chi connectivity index (χ2v) is 9.57. The number of hydrogen-bond acceptors (Lipinski definition) is 7. The third-order valence-electron chi connectivity index (χ3n) is 5.16. The Labute approximate surface area is 197 Å². The summed E-state index contributed by atoms with van der Waals surface area (Å²) < 4.78 is 37.0. The van der Waals surface area contributed by atoms with Crippen LogP contribution < -0.4 is 10.0 Å². The zero-order valence-electron chi connectivity index (χ0n) is 18.8. The smallest absolute Gasteiger partial charge is 0.324 e. The lowest BCUT2D eigenvalue weighted by atomic mass is 10.1. The van der Waals surface area contributed by atoms with Gasteiger partial charge in [-0.15, -0.1) is 0 Å². The largest absolute Gasteiger partial charge is 0.468 e. The van der Waals surface area contributed by atoms with E-state index in [1.54, 1.807) is 42.5 Å². The molecule has 3 rings (SSSR count). The number of sulfonamides is 1. The molecule has 1 unspecified atom stereocenters. The molecule has 0 aliphatic carbocycles. The number of furan rings is 1. The molecule has 10 heteroatoms. The van der Waals surface area contributed by atoms with E-state index in [-0.39, 0.29) is 17.9 Å². The summed E-state index contributed by atoms with van der Waals surface area (Å²) >= 11 is 0. The molecule has 0 aliphatic rings. The fourth-order valence-electron chi connectivity index (χ4n) is 3.37. The molecule has 178 valence electrons. The van der Waals surface area contributed by atoms with Crippen molar-refractivity contribution in [3.05, 3.63) is 65.6 Å². The summed E-state index contributed by atoms with van der Waals surface area (Å²) in [5.41, 5.74) is 1.64. The normalized spacial score (nSPS) is 12.1. The SMILES string of the molecule is CCCCS(=O)(=O)NC(Cc1ccc(NC(=O)c2occ3cc(C#N)ccc23)cc1)C(=O)OC. The van der Waals surface area contributed by atoms with E-state index in [4.69, 9.17) is 14.4 Å². The minimum absolute atomic E-state index is 0.0682. The first kappa shape index (κ1) is 25.0. The Morgan fingerprint density at radius 2 is 1.91 bits per heavy atom. The van der Waals surface area contributed by atoms with Crippen molar-refractivity contribution in [2.75, 3.05) is 18.2 Å². The Bertz CT molecular complexity index is 1320. The van der Waals surface area contributed by atoms with Gasteiger partial charge in [-0.3, -0.25) is 9.59 Å². The van der Waals surface area contributed by atoms with E-state index < -0.39 is 27.9 Å². The van der Waals surface area contributed by atoms with Gasteiger partial charge in [-0.1, -0.05) is 25.5 Å². The van der Waals surface area contributed by atoms with Crippen molar-refractivity contribution in [2.24, 2.45) is 0 Å². The Morgan fingerprint density at radius 3 is 2.56 bits per heavy atom. The summed E-state index contributed by atoms with van der Waals surface area (Å²) in [7, 11) is -2.42. The quantitative estimate of drug-likeness (QED) is 0.422. The number of carbonyl (C=O) groups excluding carboxylic acids is 2. The van der Waals surface area contributed by atoms with Crippen LogP contribution in [0.15, 0.2) is 53.1 Å². The molecule has 0 fully saturated rings. The minimum atomic E-state index is -3.63. The van der Waals surface area contributed by atoms with Crippen LogP contribution in [0.2, 0.25) is 0 Å². The first-order valence-electron chi connectivity index (χ1n) is 10.7. The molecule has 0 saturated heterocycles. The van der Waals surface area contributed by atoms with E-state index in [1.807, 2.05) is 13.0 Å². The molecule has 1 atom stereocenters. The lowest BCUT2D eigenvalue weighted by Crippen LogP contribution is -2.43. The lowest BCUT2D eigenvalue weighted by molar-refractivity contribution is -0.142. The van der Waals surface area contributed by atoms with Crippen LogP contribution in [-0.2, 0) is 26.0 Å². The highest BCUT2D eigenvalue weighted by Gasteiger charge is 2.25. The number of anilines is 1. The van der Waals surface area contributed by atoms with Crippen LogP contribution in [0, 0.1) is 11.3 Å². The number of amides is 1. The molecule has 34 heavy (non-hydrogen) atoms. The predicted molar refractivity (Wildman–Crippen MR) is 127 cm³/mol. The van der Waals surface area contributed by atoms with Crippen LogP contribution in [0.3, 0.4) is 0 Å². The molecule has 2 N–H and O–H groups in total. The van der Waals surface area contributed by atoms with E-state index in [2.05, 4.69) is 10.0 Å². The van der Waals surface area contributed by atoms with E-state index >= 15 is 0 Å². The highest BCUT2D eigenvalue weighted by molar-refractivity contribution is 7.89. The Kier molecular flexibility index (Phi) is 8.04. The summed E-state index contributed by atoms with van der Waals surface area (Å²) in [6, 6.07) is 12.5. The van der Waals surface area contributed by atoms with Crippen molar-refractivity contribution in [2.45, 2.75) is 32.2 Å². The van der Waals surface area contributed by atoms with Crippen LogP contribution in [0.4, 0.5) is 5.69 Å². The van der Waals surface area contributed by atoms with Crippen LogP contribution in [0.25, 0.3) is 10.8 Å². The molecule has 1 aromatic heterocycles. The minimum Gasteiger partial charge on any atom is -0.468 e. The van der Waals surface area contributed by atoms with Crippen molar-refractivity contribution in [3.63, 3.8) is 0 Å². The van der Waals surface area contributed by atoms with Crippen molar-refractivity contribution >= 4 is 38.4 Å². The number of benzene rings is 2. The second kappa shape index (κ2) is 11.0. The maximum Gasteiger partial charge on any atom is 0.324 e. The van der Waals surface area contributed by atoms with Crippen LogP contribution >= 0.6 is 0 Å². The molecule has 1 heterocycles. The van der Waals surface area contributed by atoms with Crippen molar-refractivity contribution in [3.8, 4) is 6.07 Å². The number of nitrogens with one attached hydrogen (secondary N) is 2. The zero-order valence-corrected chi connectivity index (χ0v) is 19.6. The summed E-state index contributed by atoms with van der Waals surface area (Å²) in [4.78, 5) is 24.8. The van der Waals surface area contributed by atoms with Gasteiger partial charge in [-0.25, -0.2) is 13.1 Å². The molecule has 0 saturated carbocycles. The fourth-order valence-corrected chi connectivity index (χ4v) is 4.77. The van der Waals surface area contributed by atoms with Crippen LogP contribution in [-0.4, -0.2) is 39.2 Å². The van der Waals surface area contributed by atoms with Gasteiger partial charge in [0.25, 0.3) is 5.91 Å². The third kappa shape index (κ3) is 6.21. The predicted octanol–water partition coefficient (Wildman–Crippen LogP) is 3.36. The van der Waals surface area contributed by atoms with Gasteiger partial charge in [-0.05, 0) is 48.7 Å². The molecule has 0 radical (unpaired) electrons. The van der Waals surface area contributed by atoms with Crippen molar-refractivity contribution in [1.29, 1.82) is 5.26 Å². The van der Waals surface area contributed by atoms with Gasteiger partial charge in [0, 0.05) is 16.5 Å². The molecule has 1 amide bonds. The van der Waals surface area contributed by atoms with Gasteiger partial charge in [-0.2, -0.15) is 5.26 Å². The van der Waals surface area contributed by atoms with E-state index in [9.17, 15) is 18.0 Å². The monoisotopic (exact) mass is 483 g/mol. The lowest BCUT2D eigenvalue weighted by Gasteiger charge is -2.17. The molecule has 0 spiro atoms. The van der Waals surface area contributed by atoms with E-state index in [1.165, 1.54) is 13.4 Å². The zero-order chi connectivity index (χ0) is 24.7. The number of carbonyl (C=O) groups is 2. The van der Waals surface area contributed by atoms with Gasteiger partial charge in [0.05, 0.1) is 30.8 Å². The van der Waals surface area contributed by atoms with Gasteiger partial charge in [0.2, 0.25) is 10.0 Å². The third-order valence-corrected chi connectivity index (χ3v) is 6.63. The summed E-state index contributed by atoms with van der Waals surface area (Å²) in [5.74, 6) is -1.08. The van der Waals surface area contributed by atoms with E-state index in [0.717, 1.165) is 0 Å². The standard InChI is InChI=1S/C24H25N3O6S/c1-3-4-11-34(30,31)27-21(24(29)32-2)13-16-5-8-19(9-6-16)26-23(28)22-20-10-7-17(14-25)12-18(20)15-33-22/h5-10,12,15,21,27H,3-4,11,13H2,1-2H3,(H,26,28). The highest BCUT2D eigenvalue weighted by atomic mass is 32.2. The molecule has 3 aromatic rings. The first-order valence-corrected chi connectivity index (χ1v) is 12.3. The maximum atomic E-state index is 12.7. The Hall–Kier alpha value is -3.68. The summed E-state index contributed by atoms with van der Waals surface area (Å²) in [5, 5.41) is 13.0. The maximum absolute atomic E-state index is 12.7. The van der Waals surface area contributed by atoms with E-state index in [0.29, 0.717) is 40.4 Å². The van der Waals surface area contributed by atoms with Crippen LogP contribution in [0.5, 0.6) is 0 Å². The highest BCUT2D eigenvalue weighted by Crippen LogP contribution is 2.23. The number of rotatable bonds is 10. The number of esters is 1. The number of nitrogens with zero attached hydrogens (tertiary/aromatic N) is 1. The fraction of sp³-hybridized carbons (Fsp3) is 0.292. The van der Waals surface area contributed by atoms with Gasteiger partial charge >= 0.3 is 5.97 Å². The topological polar surface area (TPSA) is 138 Å². The molecule has 9 nitrogen and oxygen atoms in total. The average Bonchev–Trinajstić information content (AvgIpc) is 3.26. The number of nitriles is 1. The first-order chi connectivity index (χ1) is 16.3. The molecule has 2 aromatic carbocycles. The number of methoxy groups -OCH3 is 1. The Balaban J connectivity index is 1.69. The molecular formula is C24H25N3O6S. The summed E-state index contributed by atoms with van der Waals surface area (Å²) in [6.45, 7) is 1.88. The van der Waals surface area contributed by atoms with Gasteiger partial charge in [0.1, 0.15) is 6.04 Å². The molecular weight excluding hydrogens is 458 g/mol. The average molecular weight is 484 g/mol. The molecule has 0 aliphatic heterocycles. The second-order valence-electron chi connectivity index (χ2n) is 7.70. The number of unbranched alkanes of at least 4 members (excludes halogenated alkanes) is 1. The van der Waals surface area contributed by atoms with Crippen LogP contribution in [0.1, 0.15) is 41.4 Å². The molecule has 0 bridgehead atoms. The van der Waals surface area contributed by atoms with Gasteiger partial charge in [0.15, 0.2) is 5.76 Å². The van der Waals surface area contributed by atoms with Crippen molar-refractivity contribution in [1.82, 2.24) is 4.72 Å². The number of fused-ring (bicyclic) bond motifs is 1. The van der Waals surface area contributed by atoms with Gasteiger partial charge < -0.3 is 14.5 Å². The Morgan fingerprint density at radius 1 is 1.18 bits per heavy atom.